The lowest BCUT2D eigenvalue weighted by atomic mass is 9.75. The Morgan fingerprint density at radius 3 is 2.53 bits per heavy atom. The lowest BCUT2D eigenvalue weighted by Gasteiger charge is -2.41. The monoisotopic (exact) mass is 480 g/mol. The maximum Gasteiger partial charge on any atom is 0.334 e. The van der Waals surface area contributed by atoms with E-state index in [2.05, 4.69) is 6.58 Å². The second-order valence-corrected chi connectivity index (χ2v) is 10.1. The molecule has 3 aliphatic rings. The first kappa shape index (κ1) is 26.4. The molecule has 3 fully saturated rings. The normalized spacial score (nSPS) is 41.0. The van der Waals surface area contributed by atoms with Crippen molar-refractivity contribution in [2.24, 2.45) is 17.8 Å². The fourth-order valence-electron chi connectivity index (χ4n) is 4.95. The highest BCUT2D eigenvalue weighted by atomic mass is 16.7. The number of carbonyl (C=O) groups excluding carboxylic acids is 3. The van der Waals surface area contributed by atoms with Crippen LogP contribution in [-0.4, -0.2) is 63.9 Å². The fourth-order valence-corrected chi connectivity index (χ4v) is 4.95. The topological polar surface area (TPSA) is 129 Å². The second kappa shape index (κ2) is 9.43. The van der Waals surface area contributed by atoms with E-state index in [1.807, 2.05) is 6.92 Å². The van der Waals surface area contributed by atoms with Gasteiger partial charge in [-0.1, -0.05) is 33.4 Å². The molecule has 3 saturated heterocycles. The summed E-state index contributed by atoms with van der Waals surface area (Å²) in [6.07, 6.45) is -2.12. The Bertz CT molecular complexity index is 891. The van der Waals surface area contributed by atoms with Crippen LogP contribution in [0.25, 0.3) is 0 Å². The molecule has 9 atom stereocenters. The van der Waals surface area contributed by atoms with Crippen molar-refractivity contribution < 1.29 is 43.5 Å². The van der Waals surface area contributed by atoms with Gasteiger partial charge in [0.05, 0.1) is 17.9 Å². The van der Waals surface area contributed by atoms with Crippen molar-refractivity contribution in [3.63, 3.8) is 0 Å². The maximum absolute atomic E-state index is 12.8. The largest absolute Gasteiger partial charge is 0.455 e. The predicted molar refractivity (Wildman–Crippen MR) is 120 cm³/mol. The van der Waals surface area contributed by atoms with E-state index in [9.17, 15) is 24.6 Å². The predicted octanol–water partition coefficient (Wildman–Crippen LogP) is 2.19. The molecular formula is C25H36O9. The third kappa shape index (κ3) is 4.53. The van der Waals surface area contributed by atoms with Gasteiger partial charge in [-0.3, -0.25) is 4.79 Å². The number of hydrogen-bond donors (Lipinski definition) is 2. The number of carbonyl (C=O) groups is 3. The average Bonchev–Trinajstić information content (AvgIpc) is 3.22. The van der Waals surface area contributed by atoms with Crippen molar-refractivity contribution >= 4 is 17.9 Å². The van der Waals surface area contributed by atoms with Gasteiger partial charge in [-0.25, -0.2) is 9.59 Å². The highest BCUT2D eigenvalue weighted by Crippen LogP contribution is 2.50. The zero-order chi connectivity index (χ0) is 25.6. The van der Waals surface area contributed by atoms with Gasteiger partial charge >= 0.3 is 17.9 Å². The Kier molecular flexibility index (Phi) is 7.32. The van der Waals surface area contributed by atoms with Gasteiger partial charge in [-0.2, -0.15) is 0 Å². The van der Waals surface area contributed by atoms with E-state index in [0.717, 1.165) is 0 Å². The van der Waals surface area contributed by atoms with Crippen molar-refractivity contribution in [1.82, 2.24) is 0 Å². The van der Waals surface area contributed by atoms with Gasteiger partial charge in [0.1, 0.15) is 5.60 Å². The minimum atomic E-state index is -1.97. The first-order valence-corrected chi connectivity index (χ1v) is 11.8. The maximum atomic E-state index is 12.8. The summed E-state index contributed by atoms with van der Waals surface area (Å²) in [6.45, 7) is 13.8. The summed E-state index contributed by atoms with van der Waals surface area (Å²) in [5.41, 5.74) is -1.44. The molecule has 0 amide bonds. The highest BCUT2D eigenvalue weighted by molar-refractivity contribution is 5.92. The number of allylic oxidation sites excluding steroid dienone is 1. The van der Waals surface area contributed by atoms with Crippen molar-refractivity contribution in [2.75, 3.05) is 0 Å². The Balaban J connectivity index is 2.15. The number of ether oxygens (including phenoxy) is 4. The van der Waals surface area contributed by atoms with Crippen LogP contribution in [0.5, 0.6) is 0 Å². The third-order valence-corrected chi connectivity index (χ3v) is 7.47. The molecule has 3 aliphatic heterocycles. The fraction of sp³-hybridized carbons (Fsp3) is 0.720. The van der Waals surface area contributed by atoms with Crippen LogP contribution < -0.4 is 0 Å². The van der Waals surface area contributed by atoms with Gasteiger partial charge in [0.15, 0.2) is 18.3 Å². The molecule has 0 saturated carbocycles. The summed E-state index contributed by atoms with van der Waals surface area (Å²) in [4.78, 5) is 38.2. The van der Waals surface area contributed by atoms with Gasteiger partial charge in [0, 0.05) is 23.5 Å². The molecule has 3 heterocycles. The second-order valence-electron chi connectivity index (χ2n) is 10.1. The molecule has 0 radical (unpaired) electrons. The van der Waals surface area contributed by atoms with Crippen molar-refractivity contribution in [2.45, 2.75) is 96.6 Å². The first-order chi connectivity index (χ1) is 15.8. The summed E-state index contributed by atoms with van der Waals surface area (Å²) in [5, 5.41) is 23.2. The van der Waals surface area contributed by atoms with E-state index in [-0.39, 0.29) is 12.0 Å². The molecule has 9 nitrogen and oxygen atoms in total. The molecule has 0 aromatic rings. The average molecular weight is 481 g/mol. The lowest BCUT2D eigenvalue weighted by Crippen LogP contribution is -2.58. The Morgan fingerprint density at radius 2 is 1.94 bits per heavy atom. The van der Waals surface area contributed by atoms with Gasteiger partial charge < -0.3 is 29.2 Å². The van der Waals surface area contributed by atoms with E-state index < -0.39 is 71.5 Å². The van der Waals surface area contributed by atoms with Crippen LogP contribution in [0, 0.1) is 17.8 Å². The quantitative estimate of drug-likeness (QED) is 0.346. The van der Waals surface area contributed by atoms with Crippen LogP contribution in [0.3, 0.4) is 0 Å². The van der Waals surface area contributed by atoms with Crippen LogP contribution in [0.15, 0.2) is 23.8 Å². The zero-order valence-electron chi connectivity index (χ0n) is 20.7. The van der Waals surface area contributed by atoms with E-state index in [4.69, 9.17) is 18.9 Å². The summed E-state index contributed by atoms with van der Waals surface area (Å²) in [7, 11) is 0. The molecule has 0 spiro atoms. The van der Waals surface area contributed by atoms with Gasteiger partial charge in [0.2, 0.25) is 5.79 Å². The van der Waals surface area contributed by atoms with E-state index in [0.29, 0.717) is 18.4 Å². The molecule has 0 aromatic carbocycles. The van der Waals surface area contributed by atoms with E-state index in [1.165, 1.54) is 6.92 Å². The number of hydrogen-bond acceptors (Lipinski definition) is 9. The highest BCUT2D eigenvalue weighted by Gasteiger charge is 2.65. The summed E-state index contributed by atoms with van der Waals surface area (Å²) in [6, 6.07) is 0. The number of aliphatic hydroxyl groups is 2. The molecule has 9 heteroatoms. The van der Waals surface area contributed by atoms with Crippen molar-refractivity contribution in [3.8, 4) is 0 Å². The smallest absolute Gasteiger partial charge is 0.334 e. The third-order valence-electron chi connectivity index (χ3n) is 7.47. The standard InChI is InChI=1S/C25H36O9/c1-8-12(3)21(26)32-19-17-15(6)23(28)31-18(17)20(33-22(27)13(4)9-2)24(7,29)11-16-10-14(5)25(19,30)34-16/h8,13-14,16-20,29-30H,6,9-11H2,1-5,7H3/b12-8+/t13-,14+,16+,17-,18-,19+,20+,24-,25-/m1/s1. The van der Waals surface area contributed by atoms with Crippen molar-refractivity contribution in [3.05, 3.63) is 23.8 Å². The lowest BCUT2D eigenvalue weighted by molar-refractivity contribution is -0.277. The van der Waals surface area contributed by atoms with Crippen LogP contribution in [-0.2, 0) is 33.3 Å². The molecular weight excluding hydrogens is 444 g/mol. The Hall–Kier alpha value is -2.23. The van der Waals surface area contributed by atoms with E-state index in [1.54, 1.807) is 33.8 Å². The summed E-state index contributed by atoms with van der Waals surface area (Å²) >= 11 is 0. The van der Waals surface area contributed by atoms with Gasteiger partial charge in [-0.15, -0.1) is 0 Å². The van der Waals surface area contributed by atoms with Gasteiger partial charge in [-0.05, 0) is 33.6 Å². The molecule has 0 aromatic heterocycles. The molecule has 3 rings (SSSR count). The minimum absolute atomic E-state index is 0.0000930. The number of esters is 3. The zero-order valence-corrected chi connectivity index (χ0v) is 20.7. The SMILES string of the molecule is C=C1C(=O)O[C@@H]2[C@@H]1[C@H](OC(=O)/C(C)=C/C)[C@]1(O)O[C@@H](C[C@@H]1C)C[C@@](C)(O)[C@H]2OC(=O)[C@H](C)CC. The van der Waals surface area contributed by atoms with Crippen LogP contribution in [0.1, 0.15) is 60.8 Å². The van der Waals surface area contributed by atoms with Crippen molar-refractivity contribution in [1.29, 1.82) is 0 Å². The van der Waals surface area contributed by atoms with Gasteiger partial charge in [0.25, 0.3) is 0 Å². The molecule has 2 bridgehead atoms. The van der Waals surface area contributed by atoms with Crippen LogP contribution >= 0.6 is 0 Å². The Labute approximate surface area is 200 Å². The van der Waals surface area contributed by atoms with Crippen LogP contribution in [0.4, 0.5) is 0 Å². The molecule has 2 N–H and O–H groups in total. The Morgan fingerprint density at radius 1 is 1.29 bits per heavy atom. The molecule has 190 valence electrons. The van der Waals surface area contributed by atoms with Crippen LogP contribution in [0.2, 0.25) is 0 Å². The first-order valence-electron chi connectivity index (χ1n) is 11.8. The minimum Gasteiger partial charge on any atom is -0.455 e. The summed E-state index contributed by atoms with van der Waals surface area (Å²) in [5.74, 6) is -6.09. The number of rotatable bonds is 5. The van der Waals surface area contributed by atoms with E-state index >= 15 is 0 Å². The molecule has 0 unspecified atom stereocenters. The molecule has 34 heavy (non-hydrogen) atoms. The molecule has 0 aliphatic carbocycles. The number of fused-ring (bicyclic) bond motifs is 3. The summed E-state index contributed by atoms with van der Waals surface area (Å²) < 4.78 is 23.1.